The van der Waals surface area contributed by atoms with Gasteiger partial charge in [-0.3, -0.25) is 0 Å². The molecule has 0 aliphatic heterocycles. The van der Waals surface area contributed by atoms with E-state index in [0.29, 0.717) is 16.4 Å². The Morgan fingerprint density at radius 1 is 1.19 bits per heavy atom. The number of benzene rings is 2. The smallest absolute Gasteiger partial charge is 0.240 e. The summed E-state index contributed by atoms with van der Waals surface area (Å²) in [4.78, 5) is -0.0404. The van der Waals surface area contributed by atoms with Gasteiger partial charge in [0.1, 0.15) is 4.90 Å². The lowest BCUT2D eigenvalue weighted by atomic mass is 10.1. The quantitative estimate of drug-likeness (QED) is 0.753. The van der Waals surface area contributed by atoms with Gasteiger partial charge >= 0.3 is 0 Å². The molecule has 112 valence electrons. The fourth-order valence-electron chi connectivity index (χ4n) is 2.03. The summed E-state index contributed by atoms with van der Waals surface area (Å²) >= 11 is 6.14. The van der Waals surface area contributed by atoms with Crippen LogP contribution in [0.25, 0.3) is 0 Å². The van der Waals surface area contributed by atoms with Gasteiger partial charge in [0.25, 0.3) is 0 Å². The first-order valence-corrected chi connectivity index (χ1v) is 8.15. The molecule has 0 radical (unpaired) electrons. The van der Waals surface area contributed by atoms with Crippen molar-refractivity contribution in [3.63, 3.8) is 0 Å². The number of primary sulfonamides is 1. The third kappa shape index (κ3) is 3.66. The molecule has 2 aromatic carbocycles. The van der Waals surface area contributed by atoms with Crippen LogP contribution < -0.4 is 16.2 Å². The van der Waals surface area contributed by atoms with Crippen LogP contribution in [0.1, 0.15) is 18.5 Å². The second-order valence-electron chi connectivity index (χ2n) is 4.69. The summed E-state index contributed by atoms with van der Waals surface area (Å²) in [6, 6.07) is 11.7. The van der Waals surface area contributed by atoms with Crippen molar-refractivity contribution < 1.29 is 8.42 Å². The number of sulfonamides is 1. The molecule has 0 aliphatic rings. The summed E-state index contributed by atoms with van der Waals surface area (Å²) in [5.41, 5.74) is 7.20. The number of anilines is 2. The third-order valence-electron chi connectivity index (χ3n) is 3.06. The van der Waals surface area contributed by atoms with Gasteiger partial charge in [0.15, 0.2) is 0 Å². The van der Waals surface area contributed by atoms with Crippen LogP contribution in [0.4, 0.5) is 11.4 Å². The van der Waals surface area contributed by atoms with Crippen LogP contribution in [0.15, 0.2) is 47.4 Å². The fourth-order valence-corrected chi connectivity index (χ4v) is 3.06. The van der Waals surface area contributed by atoms with Crippen molar-refractivity contribution in [3.05, 3.63) is 53.1 Å². The van der Waals surface area contributed by atoms with Gasteiger partial charge in [0, 0.05) is 10.7 Å². The second-order valence-corrected chi connectivity index (χ2v) is 6.63. The van der Waals surface area contributed by atoms with Gasteiger partial charge in [-0.25, -0.2) is 13.6 Å². The molecule has 5 N–H and O–H groups in total. The maximum Gasteiger partial charge on any atom is 0.240 e. The molecular formula is C14H16ClN3O2S. The van der Waals surface area contributed by atoms with E-state index in [1.165, 1.54) is 6.07 Å². The summed E-state index contributed by atoms with van der Waals surface area (Å²) in [5.74, 6) is 0. The van der Waals surface area contributed by atoms with E-state index >= 15 is 0 Å². The van der Waals surface area contributed by atoms with Gasteiger partial charge in [-0.1, -0.05) is 29.8 Å². The van der Waals surface area contributed by atoms with Crippen molar-refractivity contribution in [2.45, 2.75) is 17.9 Å². The molecular weight excluding hydrogens is 310 g/mol. The molecule has 7 heteroatoms. The number of nitrogens with two attached hydrogens (primary N) is 2. The minimum Gasteiger partial charge on any atom is -0.399 e. The Morgan fingerprint density at radius 2 is 1.86 bits per heavy atom. The van der Waals surface area contributed by atoms with Crippen LogP contribution in [0, 0.1) is 0 Å². The molecule has 0 amide bonds. The van der Waals surface area contributed by atoms with Crippen molar-refractivity contribution in [2.24, 2.45) is 5.14 Å². The maximum absolute atomic E-state index is 11.6. The van der Waals surface area contributed by atoms with Crippen molar-refractivity contribution in [1.29, 1.82) is 0 Å². The van der Waals surface area contributed by atoms with E-state index in [9.17, 15) is 8.42 Å². The lowest BCUT2D eigenvalue weighted by molar-refractivity contribution is 0.598. The SMILES string of the molecule is CC(Nc1ccc(N)cc1S(N)(=O)=O)c1ccccc1Cl. The highest BCUT2D eigenvalue weighted by Gasteiger charge is 2.17. The molecule has 0 heterocycles. The highest BCUT2D eigenvalue weighted by atomic mass is 35.5. The molecule has 0 aliphatic carbocycles. The molecule has 2 rings (SSSR count). The predicted octanol–water partition coefficient (Wildman–Crippen LogP) is 2.74. The summed E-state index contributed by atoms with van der Waals surface area (Å²) < 4.78 is 23.3. The van der Waals surface area contributed by atoms with Crippen LogP contribution in [0.3, 0.4) is 0 Å². The Bertz CT molecular complexity index is 763. The largest absolute Gasteiger partial charge is 0.399 e. The predicted molar refractivity (Wildman–Crippen MR) is 85.7 cm³/mol. The molecule has 0 spiro atoms. The minimum absolute atomic E-state index is 0.0404. The summed E-state index contributed by atoms with van der Waals surface area (Å²) in [5, 5.41) is 8.93. The van der Waals surface area contributed by atoms with Gasteiger partial charge < -0.3 is 11.1 Å². The van der Waals surface area contributed by atoms with E-state index in [1.807, 2.05) is 25.1 Å². The summed E-state index contributed by atoms with van der Waals surface area (Å²) in [6.07, 6.45) is 0. The van der Waals surface area contributed by atoms with Crippen LogP contribution in [-0.4, -0.2) is 8.42 Å². The monoisotopic (exact) mass is 325 g/mol. The van der Waals surface area contributed by atoms with Gasteiger partial charge in [-0.15, -0.1) is 0 Å². The molecule has 0 saturated heterocycles. The number of halogens is 1. The molecule has 0 bridgehead atoms. The van der Waals surface area contributed by atoms with Crippen LogP contribution in [0.2, 0.25) is 5.02 Å². The highest BCUT2D eigenvalue weighted by molar-refractivity contribution is 7.89. The molecule has 0 fully saturated rings. The van der Waals surface area contributed by atoms with E-state index < -0.39 is 10.0 Å². The van der Waals surface area contributed by atoms with Crippen LogP contribution in [-0.2, 0) is 10.0 Å². The van der Waals surface area contributed by atoms with Gasteiger partial charge in [-0.05, 0) is 36.8 Å². The first-order valence-electron chi connectivity index (χ1n) is 6.22. The Balaban J connectivity index is 2.39. The molecule has 2 aromatic rings. The number of hydrogen-bond donors (Lipinski definition) is 3. The van der Waals surface area contributed by atoms with Gasteiger partial charge in [-0.2, -0.15) is 0 Å². The number of rotatable bonds is 4. The molecule has 5 nitrogen and oxygen atoms in total. The molecule has 1 unspecified atom stereocenters. The zero-order valence-electron chi connectivity index (χ0n) is 11.4. The van der Waals surface area contributed by atoms with E-state index in [2.05, 4.69) is 5.32 Å². The van der Waals surface area contributed by atoms with Crippen molar-refractivity contribution in [3.8, 4) is 0 Å². The Hall–Kier alpha value is -1.76. The lowest BCUT2D eigenvalue weighted by Gasteiger charge is -2.19. The number of nitrogens with one attached hydrogen (secondary N) is 1. The van der Waals surface area contributed by atoms with Crippen LogP contribution in [0.5, 0.6) is 0 Å². The van der Waals surface area contributed by atoms with Crippen molar-refractivity contribution in [2.75, 3.05) is 11.1 Å². The Labute approximate surface area is 129 Å². The van der Waals surface area contributed by atoms with E-state index in [1.54, 1.807) is 18.2 Å². The number of nitrogen functional groups attached to an aromatic ring is 1. The average Bonchev–Trinajstić information content (AvgIpc) is 2.40. The Kier molecular flexibility index (Phi) is 4.41. The van der Waals surface area contributed by atoms with Gasteiger partial charge in [0.2, 0.25) is 10.0 Å². The lowest BCUT2D eigenvalue weighted by Crippen LogP contribution is -2.17. The third-order valence-corrected chi connectivity index (χ3v) is 4.35. The second kappa shape index (κ2) is 5.93. The first-order chi connectivity index (χ1) is 9.79. The summed E-state index contributed by atoms with van der Waals surface area (Å²) in [6.45, 7) is 1.88. The van der Waals surface area contributed by atoms with E-state index in [0.717, 1.165) is 5.56 Å². The van der Waals surface area contributed by atoms with E-state index in [4.69, 9.17) is 22.5 Å². The highest BCUT2D eigenvalue weighted by Crippen LogP contribution is 2.29. The standard InChI is InChI=1S/C14H16ClN3O2S/c1-9(11-4-2-3-5-12(11)15)18-13-7-6-10(16)8-14(13)21(17,19)20/h2-9,18H,16H2,1H3,(H2,17,19,20). The van der Waals surface area contributed by atoms with Crippen LogP contribution >= 0.6 is 11.6 Å². The Morgan fingerprint density at radius 3 is 2.48 bits per heavy atom. The molecule has 1 atom stereocenters. The first kappa shape index (κ1) is 15.6. The molecule has 21 heavy (non-hydrogen) atoms. The summed E-state index contributed by atoms with van der Waals surface area (Å²) in [7, 11) is -3.87. The zero-order chi connectivity index (χ0) is 15.6. The van der Waals surface area contributed by atoms with E-state index in [-0.39, 0.29) is 10.9 Å². The molecule has 0 aromatic heterocycles. The average molecular weight is 326 g/mol. The van der Waals surface area contributed by atoms with Crippen molar-refractivity contribution in [1.82, 2.24) is 0 Å². The minimum atomic E-state index is -3.87. The van der Waals surface area contributed by atoms with Gasteiger partial charge in [0.05, 0.1) is 11.7 Å². The molecule has 0 saturated carbocycles. The topological polar surface area (TPSA) is 98.2 Å². The number of hydrogen-bond acceptors (Lipinski definition) is 4. The maximum atomic E-state index is 11.6. The zero-order valence-corrected chi connectivity index (χ0v) is 12.9. The van der Waals surface area contributed by atoms with Crippen molar-refractivity contribution >= 4 is 33.0 Å². The fraction of sp³-hybridized carbons (Fsp3) is 0.143. The normalized spacial score (nSPS) is 12.9.